The van der Waals surface area contributed by atoms with E-state index in [2.05, 4.69) is 10.3 Å². The SMILES string of the molecule is CCc1c(OC[C@@H](O)CN[C@H]2COC3(CCN(S(=O)(=O)c4cnc5c(c4)N(C)CCO5)CC3)C2)cccc1S(N)(=O)=O. The van der Waals surface area contributed by atoms with Gasteiger partial charge < -0.3 is 29.5 Å². The lowest BCUT2D eigenvalue weighted by Gasteiger charge is -2.38. The number of nitrogens with one attached hydrogen (secondary N) is 1. The van der Waals surface area contributed by atoms with Crippen molar-refractivity contribution >= 4 is 25.7 Å². The van der Waals surface area contributed by atoms with Gasteiger partial charge in [0.05, 0.1) is 29.8 Å². The molecule has 0 unspecified atom stereocenters. The summed E-state index contributed by atoms with van der Waals surface area (Å²) >= 11 is 0. The van der Waals surface area contributed by atoms with Crippen molar-refractivity contribution in [3.63, 3.8) is 0 Å². The van der Waals surface area contributed by atoms with Crippen LogP contribution in [0.1, 0.15) is 31.7 Å². The molecular formula is C27H39N5O8S2. The minimum absolute atomic E-state index is 0.0000963. The van der Waals surface area contributed by atoms with Gasteiger partial charge in [0, 0.05) is 38.3 Å². The molecule has 232 valence electrons. The summed E-state index contributed by atoms with van der Waals surface area (Å²) < 4.78 is 69.5. The number of ether oxygens (including phenoxy) is 3. The molecule has 1 aromatic carbocycles. The fraction of sp³-hybridized carbons (Fsp3) is 0.593. The number of aromatic nitrogens is 1. The van der Waals surface area contributed by atoms with Crippen LogP contribution < -0.4 is 24.8 Å². The molecule has 2 fully saturated rings. The van der Waals surface area contributed by atoms with E-state index < -0.39 is 31.8 Å². The van der Waals surface area contributed by atoms with Crippen molar-refractivity contribution in [2.45, 2.75) is 60.1 Å². The molecule has 0 aliphatic carbocycles. The molecule has 0 bridgehead atoms. The van der Waals surface area contributed by atoms with Crippen LogP contribution in [0.15, 0.2) is 40.3 Å². The number of primary sulfonamides is 1. The number of nitrogens with zero attached hydrogens (tertiary/aromatic N) is 3. The van der Waals surface area contributed by atoms with Crippen LogP contribution in [0.25, 0.3) is 0 Å². The standard InChI is InChI=1S/C27H39N5O8S2/c1-3-22-24(5-4-6-25(22)41(28,34)35)39-18-20(33)15-29-19-14-27(40-17-19)7-9-32(10-8-27)42(36,37)21-13-23-26(30-16-21)38-12-11-31(23)2/h4-6,13,16,19-20,29,33H,3,7-12,14-15,17-18H2,1-2H3,(H2,28,34,35)/t19-,20+/m1/s1. The number of hydrogen-bond acceptors (Lipinski definition) is 11. The minimum Gasteiger partial charge on any atom is -0.491 e. The van der Waals surface area contributed by atoms with E-state index in [1.165, 1.54) is 16.6 Å². The number of aliphatic hydroxyl groups excluding tert-OH is 1. The minimum atomic E-state index is -3.89. The largest absolute Gasteiger partial charge is 0.491 e. The van der Waals surface area contributed by atoms with Crippen LogP contribution in [0.5, 0.6) is 11.6 Å². The normalized spacial score (nSPS) is 21.6. The average molecular weight is 626 g/mol. The zero-order chi connectivity index (χ0) is 30.1. The number of hydrogen-bond donors (Lipinski definition) is 3. The van der Waals surface area contributed by atoms with Gasteiger partial charge in [0.2, 0.25) is 25.9 Å². The molecule has 4 N–H and O–H groups in total. The van der Waals surface area contributed by atoms with E-state index in [0.717, 1.165) is 0 Å². The number of benzene rings is 1. The Bertz CT molecular complexity index is 1500. The molecule has 1 aromatic heterocycles. The number of fused-ring (bicyclic) bond motifs is 1. The summed E-state index contributed by atoms with van der Waals surface area (Å²) in [5.41, 5.74) is 0.723. The highest BCUT2D eigenvalue weighted by Crippen LogP contribution is 2.38. The summed E-state index contributed by atoms with van der Waals surface area (Å²) in [7, 11) is -5.72. The van der Waals surface area contributed by atoms with E-state index >= 15 is 0 Å². The zero-order valence-corrected chi connectivity index (χ0v) is 25.5. The van der Waals surface area contributed by atoms with Gasteiger partial charge in [0.25, 0.3) is 0 Å². The first-order chi connectivity index (χ1) is 19.9. The number of pyridine rings is 1. The maximum atomic E-state index is 13.4. The van der Waals surface area contributed by atoms with E-state index in [4.69, 9.17) is 19.3 Å². The molecule has 5 rings (SSSR count). The molecule has 1 spiro atoms. The summed E-state index contributed by atoms with van der Waals surface area (Å²) in [6, 6.07) is 6.28. The van der Waals surface area contributed by atoms with Crippen molar-refractivity contribution < 1.29 is 36.2 Å². The molecular weight excluding hydrogens is 586 g/mol. The van der Waals surface area contributed by atoms with Crippen molar-refractivity contribution in [3.8, 4) is 11.6 Å². The van der Waals surface area contributed by atoms with Crippen molar-refractivity contribution in [2.24, 2.45) is 5.14 Å². The third-order valence-electron chi connectivity index (χ3n) is 8.19. The van der Waals surface area contributed by atoms with E-state index in [1.807, 2.05) is 18.9 Å². The van der Waals surface area contributed by atoms with Gasteiger partial charge in [-0.25, -0.2) is 27.0 Å². The van der Waals surface area contributed by atoms with Gasteiger partial charge in [0.1, 0.15) is 35.7 Å². The smallest absolute Gasteiger partial charge is 0.244 e. The Balaban J connectivity index is 1.11. The third-order valence-corrected chi connectivity index (χ3v) is 11.0. The topological polar surface area (TPSA) is 174 Å². The van der Waals surface area contributed by atoms with Crippen LogP contribution in [0.2, 0.25) is 0 Å². The molecule has 4 heterocycles. The van der Waals surface area contributed by atoms with Crippen LogP contribution >= 0.6 is 0 Å². The average Bonchev–Trinajstić information content (AvgIpc) is 3.36. The summed E-state index contributed by atoms with van der Waals surface area (Å²) in [5, 5.41) is 19.2. The van der Waals surface area contributed by atoms with Crippen LogP contribution in [0.4, 0.5) is 5.69 Å². The predicted molar refractivity (Wildman–Crippen MR) is 155 cm³/mol. The van der Waals surface area contributed by atoms with Gasteiger partial charge in [-0.05, 0) is 43.9 Å². The van der Waals surface area contributed by atoms with Gasteiger partial charge in [-0.3, -0.25) is 0 Å². The van der Waals surface area contributed by atoms with Crippen molar-refractivity contribution in [1.82, 2.24) is 14.6 Å². The second-order valence-corrected chi connectivity index (χ2v) is 14.5. The second-order valence-electron chi connectivity index (χ2n) is 11.1. The Morgan fingerprint density at radius 3 is 2.71 bits per heavy atom. The Labute approximate surface area is 247 Å². The van der Waals surface area contributed by atoms with Crippen LogP contribution in [0.3, 0.4) is 0 Å². The molecule has 3 aliphatic rings. The quantitative estimate of drug-likeness (QED) is 0.335. The molecule has 15 heteroatoms. The molecule has 0 radical (unpaired) electrons. The highest BCUT2D eigenvalue weighted by atomic mass is 32.2. The Kier molecular flexibility index (Phi) is 9.00. The summed E-state index contributed by atoms with van der Waals surface area (Å²) in [4.78, 5) is 6.35. The summed E-state index contributed by atoms with van der Waals surface area (Å²) in [6.07, 6.45) is 2.76. The van der Waals surface area contributed by atoms with Crippen molar-refractivity contribution in [2.75, 3.05) is 57.9 Å². The molecule has 2 atom stereocenters. The lowest BCUT2D eigenvalue weighted by molar-refractivity contribution is -0.0312. The van der Waals surface area contributed by atoms with E-state index in [1.54, 1.807) is 18.2 Å². The lowest BCUT2D eigenvalue weighted by atomic mass is 9.88. The molecule has 2 saturated heterocycles. The van der Waals surface area contributed by atoms with Gasteiger partial charge >= 0.3 is 0 Å². The fourth-order valence-corrected chi connectivity index (χ4v) is 8.06. The molecule has 3 aliphatic heterocycles. The van der Waals surface area contributed by atoms with Gasteiger partial charge in [-0.1, -0.05) is 13.0 Å². The molecule has 0 saturated carbocycles. The van der Waals surface area contributed by atoms with Gasteiger partial charge in [-0.15, -0.1) is 0 Å². The highest BCUT2D eigenvalue weighted by molar-refractivity contribution is 7.89. The van der Waals surface area contributed by atoms with E-state index in [-0.39, 0.29) is 29.0 Å². The van der Waals surface area contributed by atoms with Crippen LogP contribution in [-0.2, 0) is 31.2 Å². The van der Waals surface area contributed by atoms with Crippen LogP contribution in [-0.4, -0.2) is 102 Å². The molecule has 2 aromatic rings. The molecule has 42 heavy (non-hydrogen) atoms. The highest BCUT2D eigenvalue weighted by Gasteiger charge is 2.45. The fourth-order valence-electron chi connectivity index (χ4n) is 5.80. The van der Waals surface area contributed by atoms with Crippen molar-refractivity contribution in [1.29, 1.82) is 0 Å². The molecule has 0 amide bonds. The lowest BCUT2D eigenvalue weighted by Crippen LogP contribution is -2.47. The van der Waals surface area contributed by atoms with Gasteiger partial charge in [0.15, 0.2) is 0 Å². The Morgan fingerprint density at radius 2 is 2.00 bits per heavy atom. The monoisotopic (exact) mass is 625 g/mol. The maximum absolute atomic E-state index is 13.4. The first kappa shape index (κ1) is 30.9. The van der Waals surface area contributed by atoms with E-state index in [9.17, 15) is 21.9 Å². The second kappa shape index (κ2) is 12.2. The van der Waals surface area contributed by atoms with E-state index in [0.29, 0.717) is 81.4 Å². The Morgan fingerprint density at radius 1 is 1.24 bits per heavy atom. The number of sulfonamides is 2. The first-order valence-corrected chi connectivity index (χ1v) is 17.1. The number of piperidine rings is 1. The summed E-state index contributed by atoms with van der Waals surface area (Å²) in [6.45, 7) is 4.34. The zero-order valence-electron chi connectivity index (χ0n) is 23.9. The molecule has 13 nitrogen and oxygen atoms in total. The maximum Gasteiger partial charge on any atom is 0.244 e. The number of rotatable bonds is 10. The van der Waals surface area contributed by atoms with Gasteiger partial charge in [-0.2, -0.15) is 4.31 Å². The number of anilines is 1. The third kappa shape index (κ3) is 6.51. The first-order valence-electron chi connectivity index (χ1n) is 14.1. The Hall–Kier alpha value is -2.53. The predicted octanol–water partition coefficient (Wildman–Crippen LogP) is 0.462. The number of aliphatic hydroxyl groups is 1. The van der Waals surface area contributed by atoms with Crippen LogP contribution in [0, 0.1) is 0 Å². The summed E-state index contributed by atoms with van der Waals surface area (Å²) in [5.74, 6) is 0.816. The number of likely N-dealkylation sites (N-methyl/N-ethyl adjacent to an activating group) is 1. The number of nitrogens with two attached hydrogens (primary N) is 1. The van der Waals surface area contributed by atoms with Crippen molar-refractivity contribution in [3.05, 3.63) is 36.0 Å².